The van der Waals surface area contributed by atoms with E-state index in [0.29, 0.717) is 12.1 Å². The molecule has 0 bridgehead atoms. The molecule has 1 rings (SSSR count). The minimum Gasteiger partial charge on any atom is -0.258 e. The van der Waals surface area contributed by atoms with Crippen LogP contribution in [0.5, 0.6) is 0 Å². The van der Waals surface area contributed by atoms with Gasteiger partial charge in [0.05, 0.1) is 4.92 Å². The summed E-state index contributed by atoms with van der Waals surface area (Å²) in [5, 5.41) is 10.2. The number of halogens is 6. The molecular weight excluding hydrogens is 325 g/mol. The summed E-state index contributed by atoms with van der Waals surface area (Å²) in [6, 6.07) is 0.745. The van der Waals surface area contributed by atoms with Crippen LogP contribution in [0, 0.1) is 10.1 Å². The van der Waals surface area contributed by atoms with E-state index in [1.807, 2.05) is 0 Å². The van der Waals surface area contributed by atoms with Crippen LogP contribution in [0.15, 0.2) is 27.6 Å². The molecule has 0 aromatic heterocycles. The Kier molecular flexibility index (Phi) is 2.35. The van der Waals surface area contributed by atoms with Crippen LogP contribution in [0.3, 0.4) is 0 Å². The molecule has 0 fully saturated rings. The quantitative estimate of drug-likeness (QED) is 0.435. The zero-order valence-corrected chi connectivity index (χ0v) is 9.57. The molecule has 10 heteroatoms. The Morgan fingerprint density at radius 1 is 1.19 bits per heavy atom. The smallest absolute Gasteiger partial charge is 0.258 e. The second-order valence-corrected chi connectivity index (χ2v) is 6.07. The maximum absolute atomic E-state index is 12.3. The van der Waals surface area contributed by atoms with Crippen molar-refractivity contribution in [2.75, 3.05) is 0 Å². The molecule has 3 nitrogen and oxygen atoms in total. The van der Waals surface area contributed by atoms with E-state index in [9.17, 15) is 29.5 Å². The maximum Gasteiger partial charge on any atom is 0.311 e. The van der Waals surface area contributed by atoms with Crippen molar-refractivity contribution in [3.8, 4) is 0 Å². The SMILES string of the molecule is O=[N+]([O-])c1ccc(S(F)(F)(F)(F)F)c(Br)c1. The van der Waals surface area contributed by atoms with Gasteiger partial charge >= 0.3 is 10.2 Å². The Labute approximate surface area is 94.3 Å². The van der Waals surface area contributed by atoms with E-state index in [2.05, 4.69) is 15.9 Å². The summed E-state index contributed by atoms with van der Waals surface area (Å²) in [5.41, 5.74) is -0.711. The lowest BCUT2D eigenvalue weighted by molar-refractivity contribution is -0.385. The van der Waals surface area contributed by atoms with Gasteiger partial charge in [-0.1, -0.05) is 19.4 Å². The second kappa shape index (κ2) is 2.86. The summed E-state index contributed by atoms with van der Waals surface area (Å²) in [7, 11) is -9.81. The molecule has 0 saturated heterocycles. The fraction of sp³-hybridized carbons (Fsp3) is 0. The van der Waals surface area contributed by atoms with Gasteiger partial charge in [0.1, 0.15) is 4.90 Å². The molecule has 0 radical (unpaired) electrons. The highest BCUT2D eigenvalue weighted by molar-refractivity contribution is 9.10. The number of hydrogen-bond acceptors (Lipinski definition) is 2. The van der Waals surface area contributed by atoms with Crippen molar-refractivity contribution in [3.63, 3.8) is 0 Å². The fourth-order valence-electron chi connectivity index (χ4n) is 0.916. The lowest BCUT2D eigenvalue weighted by Crippen LogP contribution is -2.07. The van der Waals surface area contributed by atoms with Crippen LogP contribution in [0.4, 0.5) is 25.1 Å². The predicted molar refractivity (Wildman–Crippen MR) is 52.2 cm³/mol. The van der Waals surface area contributed by atoms with Gasteiger partial charge in [0.15, 0.2) is 0 Å². The highest BCUT2D eigenvalue weighted by Crippen LogP contribution is 3.02. The third kappa shape index (κ3) is 2.82. The number of nitrogens with zero attached hydrogens (tertiary/aromatic N) is 1. The lowest BCUT2D eigenvalue weighted by atomic mass is 10.3. The van der Waals surface area contributed by atoms with E-state index < -0.39 is 30.2 Å². The number of nitro benzene ring substituents is 1. The van der Waals surface area contributed by atoms with Crippen LogP contribution in [-0.2, 0) is 0 Å². The van der Waals surface area contributed by atoms with Crippen LogP contribution in [0.1, 0.15) is 0 Å². The summed E-state index contributed by atoms with van der Waals surface area (Å²) in [4.78, 5) is 7.04. The third-order valence-electron chi connectivity index (χ3n) is 1.54. The summed E-state index contributed by atoms with van der Waals surface area (Å²) in [5.74, 6) is 0. The molecule has 0 aliphatic carbocycles. The zero-order chi connectivity index (χ0) is 12.8. The highest BCUT2D eigenvalue weighted by atomic mass is 79.9. The molecule has 0 unspecified atom stereocenters. The van der Waals surface area contributed by atoms with Gasteiger partial charge in [0.25, 0.3) is 5.69 Å². The number of non-ortho nitro benzene ring substituents is 1. The third-order valence-corrected chi connectivity index (χ3v) is 3.65. The van der Waals surface area contributed by atoms with Crippen LogP contribution in [0.2, 0.25) is 0 Å². The number of nitro groups is 1. The summed E-state index contributed by atoms with van der Waals surface area (Å²) < 4.78 is 60.7. The van der Waals surface area contributed by atoms with E-state index >= 15 is 0 Å². The van der Waals surface area contributed by atoms with Crippen molar-refractivity contribution in [1.82, 2.24) is 0 Å². The average Bonchev–Trinajstić information content (AvgIpc) is 1.98. The van der Waals surface area contributed by atoms with Gasteiger partial charge in [-0.15, -0.1) is 0 Å². The fourth-order valence-corrected chi connectivity index (χ4v) is 2.95. The molecule has 0 amide bonds. The Hall–Kier alpha value is -0.900. The Bertz CT molecular complexity index is 473. The van der Waals surface area contributed by atoms with E-state index in [1.54, 1.807) is 0 Å². The number of hydrogen-bond donors (Lipinski definition) is 0. The molecule has 0 aliphatic rings. The molecule has 0 saturated carbocycles. The summed E-state index contributed by atoms with van der Waals surface area (Å²) in [6.45, 7) is 0. The van der Waals surface area contributed by atoms with Gasteiger partial charge in [0.2, 0.25) is 0 Å². The van der Waals surface area contributed by atoms with Crippen LogP contribution in [0.25, 0.3) is 0 Å². The van der Waals surface area contributed by atoms with E-state index in [1.165, 1.54) is 0 Å². The molecule has 1 aromatic carbocycles. The maximum atomic E-state index is 12.3. The summed E-state index contributed by atoms with van der Waals surface area (Å²) in [6.07, 6.45) is 0. The minimum atomic E-state index is -9.81. The van der Waals surface area contributed by atoms with Gasteiger partial charge in [-0.05, 0) is 22.0 Å². The van der Waals surface area contributed by atoms with Crippen LogP contribution >= 0.6 is 26.2 Å². The largest absolute Gasteiger partial charge is 0.311 e. The molecule has 92 valence electrons. The molecule has 0 atom stereocenters. The van der Waals surface area contributed by atoms with Gasteiger partial charge in [-0.3, -0.25) is 10.1 Å². The first-order valence-electron chi connectivity index (χ1n) is 3.49. The number of benzene rings is 1. The van der Waals surface area contributed by atoms with E-state index in [-0.39, 0.29) is 6.07 Å². The molecule has 0 N–H and O–H groups in total. The molecule has 0 spiro atoms. The average molecular weight is 328 g/mol. The molecule has 1 aromatic rings. The van der Waals surface area contributed by atoms with Crippen molar-refractivity contribution in [1.29, 1.82) is 0 Å². The predicted octanol–water partition coefficient (Wildman–Crippen LogP) is 5.01. The Morgan fingerprint density at radius 3 is 2.00 bits per heavy atom. The summed E-state index contributed by atoms with van der Waals surface area (Å²) >= 11 is 2.25. The first-order valence-corrected chi connectivity index (χ1v) is 6.24. The molecule has 0 heterocycles. The van der Waals surface area contributed by atoms with Crippen molar-refractivity contribution in [2.45, 2.75) is 4.90 Å². The van der Waals surface area contributed by atoms with Crippen molar-refractivity contribution >= 4 is 31.8 Å². The monoisotopic (exact) mass is 327 g/mol. The van der Waals surface area contributed by atoms with Crippen LogP contribution in [-0.4, -0.2) is 4.92 Å². The van der Waals surface area contributed by atoms with Gasteiger partial charge in [-0.25, -0.2) is 0 Å². The normalized spacial score (nSPS) is 16.4. The van der Waals surface area contributed by atoms with Gasteiger partial charge in [-0.2, -0.15) is 0 Å². The number of rotatable bonds is 2. The minimum absolute atomic E-state index is 0.0101. The van der Waals surface area contributed by atoms with E-state index in [4.69, 9.17) is 0 Å². The van der Waals surface area contributed by atoms with Gasteiger partial charge < -0.3 is 0 Å². The topological polar surface area (TPSA) is 43.1 Å². The lowest BCUT2D eigenvalue weighted by Gasteiger charge is -2.40. The van der Waals surface area contributed by atoms with Crippen LogP contribution < -0.4 is 0 Å². The first-order chi connectivity index (χ1) is 6.81. The van der Waals surface area contributed by atoms with Crippen molar-refractivity contribution in [3.05, 3.63) is 32.8 Å². The van der Waals surface area contributed by atoms with Crippen molar-refractivity contribution < 1.29 is 24.4 Å². The Balaban J connectivity index is 3.48. The molecular formula is C6H3BrF5NO2S. The second-order valence-electron chi connectivity index (χ2n) is 2.84. The Morgan fingerprint density at radius 2 is 1.69 bits per heavy atom. The highest BCUT2D eigenvalue weighted by Gasteiger charge is 2.66. The van der Waals surface area contributed by atoms with Crippen molar-refractivity contribution in [2.24, 2.45) is 0 Å². The first kappa shape index (κ1) is 13.2. The van der Waals surface area contributed by atoms with E-state index in [0.717, 1.165) is 0 Å². The standard InChI is InChI=1S/C6H3BrF5NO2S/c7-5-3-4(13(14)15)1-2-6(5)16(8,9,10,11)12/h1-3H. The molecule has 16 heavy (non-hydrogen) atoms. The molecule has 0 aliphatic heterocycles. The van der Waals surface area contributed by atoms with Gasteiger partial charge in [0, 0.05) is 16.6 Å². The zero-order valence-electron chi connectivity index (χ0n) is 7.17.